The van der Waals surface area contributed by atoms with Crippen LogP contribution in [-0.4, -0.2) is 65.4 Å². The maximum absolute atomic E-state index is 14.3. The standard InChI is InChI=1S/C26H20F5N7O3S/c27-25(28,26(29,30)31)23-34-18(22(42-23)38-10-12-40-13-11-38)21-36-37-24(41-21)35-19-20(39)32-16-9-5-4-8-15(16)17(33-19)14-6-2-1-3-7-14/h1-9,19H,10-13H2,(H,32,39)(H,35,37). The normalized spacial score (nSPS) is 17.7. The van der Waals surface area contributed by atoms with Crippen molar-refractivity contribution in [1.29, 1.82) is 0 Å². The van der Waals surface area contributed by atoms with Crippen molar-refractivity contribution in [2.45, 2.75) is 18.3 Å². The Morgan fingerprint density at radius 2 is 1.69 bits per heavy atom. The maximum Gasteiger partial charge on any atom is 0.460 e. The first-order chi connectivity index (χ1) is 20.1. The molecule has 2 aliphatic heterocycles. The van der Waals surface area contributed by atoms with Gasteiger partial charge in [-0.1, -0.05) is 65.0 Å². The zero-order valence-electron chi connectivity index (χ0n) is 21.4. The number of hydrogen-bond acceptors (Lipinski definition) is 10. The number of fused-ring (bicyclic) bond motifs is 1. The number of aromatic nitrogens is 3. The first-order valence-electron chi connectivity index (χ1n) is 12.5. The van der Waals surface area contributed by atoms with Crippen LogP contribution in [0.1, 0.15) is 16.1 Å². The van der Waals surface area contributed by atoms with Crippen LogP contribution in [0.25, 0.3) is 11.6 Å². The smallest absolute Gasteiger partial charge is 0.402 e. The van der Waals surface area contributed by atoms with E-state index in [0.717, 1.165) is 5.56 Å². The van der Waals surface area contributed by atoms with Gasteiger partial charge in [-0.15, -0.1) is 5.10 Å². The molecule has 4 heterocycles. The number of aliphatic imine (C=N–C) groups is 1. The van der Waals surface area contributed by atoms with Crippen LogP contribution in [0.15, 0.2) is 64.0 Å². The van der Waals surface area contributed by atoms with E-state index in [-0.39, 0.29) is 54.3 Å². The minimum atomic E-state index is -5.86. The van der Waals surface area contributed by atoms with Gasteiger partial charge in [0.2, 0.25) is 6.17 Å². The molecule has 2 N–H and O–H groups in total. The molecular weight excluding hydrogens is 585 g/mol. The van der Waals surface area contributed by atoms with Crippen molar-refractivity contribution in [2.24, 2.45) is 4.99 Å². The number of hydrogen-bond donors (Lipinski definition) is 2. The first kappa shape index (κ1) is 27.7. The third-order valence-electron chi connectivity index (χ3n) is 6.41. The van der Waals surface area contributed by atoms with Gasteiger partial charge in [0.15, 0.2) is 10.7 Å². The van der Waals surface area contributed by atoms with E-state index in [1.807, 2.05) is 30.3 Å². The van der Waals surface area contributed by atoms with Gasteiger partial charge in [0.1, 0.15) is 5.00 Å². The number of nitrogens with zero attached hydrogens (tertiary/aromatic N) is 5. The van der Waals surface area contributed by atoms with Gasteiger partial charge >= 0.3 is 18.1 Å². The third-order valence-corrected chi connectivity index (χ3v) is 7.60. The van der Waals surface area contributed by atoms with Crippen molar-refractivity contribution in [2.75, 3.05) is 41.8 Å². The number of carbonyl (C=O) groups is 1. The molecule has 42 heavy (non-hydrogen) atoms. The fourth-order valence-electron chi connectivity index (χ4n) is 4.36. The third kappa shape index (κ3) is 5.18. The minimum absolute atomic E-state index is 0.000492. The molecule has 2 aliphatic rings. The number of anilines is 3. The number of carbonyl (C=O) groups excluding carboxylic acids is 1. The van der Waals surface area contributed by atoms with Crippen LogP contribution in [0.2, 0.25) is 0 Å². The summed E-state index contributed by atoms with van der Waals surface area (Å²) in [6.07, 6.45) is -7.12. The van der Waals surface area contributed by atoms with Gasteiger partial charge in [0, 0.05) is 24.2 Å². The zero-order chi connectivity index (χ0) is 29.5. The highest BCUT2D eigenvalue weighted by Gasteiger charge is 2.61. The average molecular weight is 606 g/mol. The van der Waals surface area contributed by atoms with Gasteiger partial charge in [-0.25, -0.2) is 9.98 Å². The molecule has 1 atom stereocenters. The van der Waals surface area contributed by atoms with Crippen molar-refractivity contribution >= 4 is 39.7 Å². The molecule has 10 nitrogen and oxygen atoms in total. The van der Waals surface area contributed by atoms with Gasteiger partial charge < -0.3 is 24.7 Å². The van der Waals surface area contributed by atoms with E-state index >= 15 is 0 Å². The fourth-order valence-corrected chi connectivity index (χ4v) is 5.47. The van der Waals surface area contributed by atoms with E-state index in [4.69, 9.17) is 9.15 Å². The van der Waals surface area contributed by atoms with Crippen LogP contribution in [0.5, 0.6) is 0 Å². The molecule has 1 unspecified atom stereocenters. The van der Waals surface area contributed by atoms with Crippen molar-refractivity contribution in [1.82, 2.24) is 15.2 Å². The molecule has 0 radical (unpaired) electrons. The molecule has 1 fully saturated rings. The lowest BCUT2D eigenvalue weighted by Crippen LogP contribution is -2.36. The Labute approximate surface area is 238 Å². The molecule has 0 spiro atoms. The summed E-state index contributed by atoms with van der Waals surface area (Å²) in [6, 6.07) is 15.9. The summed E-state index contributed by atoms with van der Waals surface area (Å²) in [4.78, 5) is 22.9. The number of benzene rings is 2. The second kappa shape index (κ2) is 10.8. The summed E-state index contributed by atoms with van der Waals surface area (Å²) >= 11 is 0.189. The number of para-hydroxylation sites is 1. The topological polar surface area (TPSA) is 118 Å². The predicted molar refractivity (Wildman–Crippen MR) is 143 cm³/mol. The van der Waals surface area contributed by atoms with Crippen LogP contribution in [0, 0.1) is 0 Å². The van der Waals surface area contributed by atoms with Gasteiger partial charge in [0.25, 0.3) is 11.8 Å². The van der Waals surface area contributed by atoms with Crippen molar-refractivity contribution in [3.05, 3.63) is 70.7 Å². The van der Waals surface area contributed by atoms with E-state index in [1.165, 1.54) is 0 Å². The lowest BCUT2D eigenvalue weighted by Gasteiger charge is -2.27. The number of amides is 1. The number of morpholine rings is 1. The van der Waals surface area contributed by atoms with Crippen LogP contribution >= 0.6 is 11.3 Å². The molecule has 218 valence electrons. The number of rotatable bonds is 6. The van der Waals surface area contributed by atoms with E-state index in [1.54, 1.807) is 29.2 Å². The number of thiazole rings is 1. The first-order valence-corrected chi connectivity index (χ1v) is 13.4. The highest BCUT2D eigenvalue weighted by molar-refractivity contribution is 7.16. The Hall–Kier alpha value is -4.44. The Balaban J connectivity index is 1.35. The summed E-state index contributed by atoms with van der Waals surface area (Å²) in [5.41, 5.74) is 2.08. The summed E-state index contributed by atoms with van der Waals surface area (Å²) < 4.78 is 78.9. The molecule has 4 aromatic rings. The Kier molecular flexibility index (Phi) is 7.10. The molecule has 6 rings (SSSR count). The van der Waals surface area contributed by atoms with Crippen LogP contribution < -0.4 is 15.5 Å². The van der Waals surface area contributed by atoms with Crippen LogP contribution in [-0.2, 0) is 15.5 Å². The number of alkyl halides is 5. The van der Waals surface area contributed by atoms with E-state index in [9.17, 15) is 26.7 Å². The Morgan fingerprint density at radius 1 is 0.976 bits per heavy atom. The summed E-state index contributed by atoms with van der Waals surface area (Å²) in [5.74, 6) is -6.17. The van der Waals surface area contributed by atoms with Gasteiger partial charge in [-0.3, -0.25) is 4.79 Å². The lowest BCUT2D eigenvalue weighted by molar-refractivity contribution is -0.289. The van der Waals surface area contributed by atoms with Crippen molar-refractivity contribution in [3.8, 4) is 11.6 Å². The summed E-state index contributed by atoms with van der Waals surface area (Å²) in [7, 11) is 0. The monoisotopic (exact) mass is 605 g/mol. The summed E-state index contributed by atoms with van der Waals surface area (Å²) in [6.45, 7) is 0.927. The Morgan fingerprint density at radius 3 is 2.43 bits per heavy atom. The highest BCUT2D eigenvalue weighted by Crippen LogP contribution is 2.49. The lowest BCUT2D eigenvalue weighted by atomic mass is 10.0. The number of nitrogens with one attached hydrogen (secondary N) is 2. The van der Waals surface area contributed by atoms with Crippen LogP contribution in [0.3, 0.4) is 0 Å². The van der Waals surface area contributed by atoms with Gasteiger partial charge in [-0.05, 0) is 6.07 Å². The molecule has 1 saturated heterocycles. The number of benzodiazepines with no additional fused rings is 1. The van der Waals surface area contributed by atoms with Crippen molar-refractivity contribution in [3.63, 3.8) is 0 Å². The largest absolute Gasteiger partial charge is 0.460 e. The van der Waals surface area contributed by atoms with Crippen molar-refractivity contribution < 1.29 is 35.9 Å². The molecular formula is C26H20F5N7O3S. The van der Waals surface area contributed by atoms with E-state index < -0.39 is 35.1 Å². The maximum atomic E-state index is 14.3. The summed E-state index contributed by atoms with van der Waals surface area (Å²) in [5, 5.41) is 11.7. The van der Waals surface area contributed by atoms with E-state index in [2.05, 4.69) is 30.8 Å². The molecule has 0 saturated carbocycles. The van der Waals surface area contributed by atoms with Gasteiger partial charge in [-0.2, -0.15) is 22.0 Å². The van der Waals surface area contributed by atoms with Gasteiger partial charge in [0.05, 0.1) is 24.6 Å². The Bertz CT molecular complexity index is 1630. The predicted octanol–water partition coefficient (Wildman–Crippen LogP) is 4.91. The number of halogens is 5. The fraction of sp³-hybridized carbons (Fsp3) is 0.269. The zero-order valence-corrected chi connectivity index (χ0v) is 22.2. The van der Waals surface area contributed by atoms with E-state index in [0.29, 0.717) is 17.0 Å². The molecule has 0 aliphatic carbocycles. The molecule has 0 bridgehead atoms. The van der Waals surface area contributed by atoms with Crippen LogP contribution in [0.4, 0.5) is 38.7 Å². The second-order valence-corrected chi connectivity index (χ2v) is 10.2. The quantitative estimate of drug-likeness (QED) is 0.298. The highest BCUT2D eigenvalue weighted by atomic mass is 32.1. The number of ether oxygens (including phenoxy) is 1. The molecule has 16 heteroatoms. The minimum Gasteiger partial charge on any atom is -0.402 e. The molecule has 1 amide bonds. The molecule has 2 aromatic heterocycles. The second-order valence-electron chi connectivity index (χ2n) is 9.18. The average Bonchev–Trinajstić information content (AvgIpc) is 3.61. The molecule has 2 aromatic carbocycles. The SMILES string of the molecule is O=C1Nc2ccccc2C(c2ccccc2)=NC1Nc1nnc(-c2nc(C(F)(F)C(F)(F)F)sc2N2CCOCC2)o1.